The highest BCUT2D eigenvalue weighted by Gasteiger charge is 2.18. The molecule has 0 amide bonds. The smallest absolute Gasteiger partial charge is 0.0601 e. The van der Waals surface area contributed by atoms with Crippen LogP contribution < -0.4 is 15.5 Å². The van der Waals surface area contributed by atoms with Crippen LogP contribution in [0.2, 0.25) is 0 Å². The van der Waals surface area contributed by atoms with Crippen LogP contribution in [0.4, 0.5) is 17.1 Å². The van der Waals surface area contributed by atoms with Gasteiger partial charge in [0, 0.05) is 31.9 Å². The predicted molar refractivity (Wildman–Crippen MR) is 86.5 cm³/mol. The van der Waals surface area contributed by atoms with Crippen LogP contribution >= 0.6 is 0 Å². The number of nitrogens with zero attached hydrogens (tertiary/aromatic N) is 2. The van der Waals surface area contributed by atoms with Crippen LogP contribution in [0.1, 0.15) is 5.56 Å². The molecule has 3 heteroatoms. The Morgan fingerprint density at radius 3 is 2.05 bits per heavy atom. The number of nitrogens with two attached hydrogens (primary N) is 1. The van der Waals surface area contributed by atoms with E-state index in [-0.39, 0.29) is 0 Å². The molecule has 1 heterocycles. The Balaban J connectivity index is 1.68. The van der Waals surface area contributed by atoms with E-state index < -0.39 is 0 Å². The Kier molecular flexibility index (Phi) is 3.50. The molecule has 2 aromatic rings. The summed E-state index contributed by atoms with van der Waals surface area (Å²) in [5.41, 5.74) is 10.7. The zero-order valence-electron chi connectivity index (χ0n) is 11.9. The Labute approximate surface area is 120 Å². The highest BCUT2D eigenvalue weighted by Crippen LogP contribution is 2.25. The van der Waals surface area contributed by atoms with Crippen molar-refractivity contribution in [1.82, 2.24) is 0 Å². The maximum absolute atomic E-state index is 6.06. The van der Waals surface area contributed by atoms with Crippen molar-refractivity contribution < 1.29 is 0 Å². The summed E-state index contributed by atoms with van der Waals surface area (Å²) in [6.45, 7) is 6.23. The summed E-state index contributed by atoms with van der Waals surface area (Å²) in [4.78, 5) is 4.81. The quantitative estimate of drug-likeness (QED) is 0.849. The van der Waals surface area contributed by atoms with E-state index in [1.807, 2.05) is 12.1 Å². The van der Waals surface area contributed by atoms with Crippen LogP contribution in [0.5, 0.6) is 0 Å². The van der Waals surface area contributed by atoms with Crippen molar-refractivity contribution in [3.05, 3.63) is 54.1 Å². The molecular weight excluding hydrogens is 246 g/mol. The molecular formula is C17H21N3. The molecule has 3 rings (SSSR count). The lowest BCUT2D eigenvalue weighted by Crippen LogP contribution is -2.46. The molecule has 0 aliphatic carbocycles. The van der Waals surface area contributed by atoms with Gasteiger partial charge in [-0.25, -0.2) is 0 Å². The maximum atomic E-state index is 6.06. The van der Waals surface area contributed by atoms with Crippen molar-refractivity contribution in [2.24, 2.45) is 0 Å². The Morgan fingerprint density at radius 2 is 1.40 bits per heavy atom. The average Bonchev–Trinajstić information content (AvgIpc) is 2.49. The van der Waals surface area contributed by atoms with Crippen molar-refractivity contribution in [2.75, 3.05) is 41.7 Å². The highest BCUT2D eigenvalue weighted by atomic mass is 15.3. The molecule has 1 aliphatic heterocycles. The average molecular weight is 267 g/mol. The number of hydrogen-bond donors (Lipinski definition) is 1. The fourth-order valence-corrected chi connectivity index (χ4v) is 2.74. The van der Waals surface area contributed by atoms with Crippen molar-refractivity contribution >= 4 is 17.1 Å². The summed E-state index contributed by atoms with van der Waals surface area (Å²) in [6.07, 6.45) is 0. The number of aryl methyl sites for hydroxylation is 1. The summed E-state index contributed by atoms with van der Waals surface area (Å²) in [5, 5.41) is 0. The molecule has 0 radical (unpaired) electrons. The monoisotopic (exact) mass is 267 g/mol. The van der Waals surface area contributed by atoms with Crippen LogP contribution in [0.15, 0.2) is 48.5 Å². The second kappa shape index (κ2) is 5.45. The minimum atomic E-state index is 0.872. The van der Waals surface area contributed by atoms with Crippen LogP contribution in [-0.2, 0) is 0 Å². The van der Waals surface area contributed by atoms with E-state index in [0.29, 0.717) is 0 Å². The minimum Gasteiger partial charge on any atom is -0.397 e. The van der Waals surface area contributed by atoms with E-state index in [0.717, 1.165) is 37.6 Å². The lowest BCUT2D eigenvalue weighted by atomic mass is 10.2. The lowest BCUT2D eigenvalue weighted by molar-refractivity contribution is 0.654. The van der Waals surface area contributed by atoms with E-state index >= 15 is 0 Å². The second-order valence-electron chi connectivity index (χ2n) is 5.37. The number of hydrogen-bond acceptors (Lipinski definition) is 3. The van der Waals surface area contributed by atoms with Gasteiger partial charge in [-0.1, -0.05) is 29.8 Å². The molecule has 2 N–H and O–H groups in total. The summed E-state index contributed by atoms with van der Waals surface area (Å²) in [6, 6.07) is 16.9. The number of nitrogen functional groups attached to an aromatic ring is 1. The first-order valence-corrected chi connectivity index (χ1v) is 7.15. The van der Waals surface area contributed by atoms with Crippen LogP contribution in [0, 0.1) is 6.92 Å². The van der Waals surface area contributed by atoms with Crippen LogP contribution in [0.3, 0.4) is 0 Å². The molecule has 1 fully saturated rings. The van der Waals surface area contributed by atoms with Crippen LogP contribution in [0.25, 0.3) is 0 Å². The molecule has 2 aromatic carbocycles. The van der Waals surface area contributed by atoms with Gasteiger partial charge in [-0.2, -0.15) is 0 Å². The van der Waals surface area contributed by atoms with E-state index in [1.165, 1.54) is 11.3 Å². The fourth-order valence-electron chi connectivity index (χ4n) is 2.74. The van der Waals surface area contributed by atoms with Gasteiger partial charge >= 0.3 is 0 Å². The fraction of sp³-hybridized carbons (Fsp3) is 0.294. The van der Waals surface area contributed by atoms with Gasteiger partial charge in [0.15, 0.2) is 0 Å². The summed E-state index contributed by atoms with van der Waals surface area (Å²) < 4.78 is 0. The van der Waals surface area contributed by atoms with Crippen LogP contribution in [-0.4, -0.2) is 26.2 Å². The second-order valence-corrected chi connectivity index (χ2v) is 5.37. The maximum Gasteiger partial charge on any atom is 0.0601 e. The standard InChI is InChI=1S/C17H21N3/c1-14-6-8-15(9-7-14)19-10-12-20(13-11-19)17-5-3-2-4-16(17)18/h2-9H,10-13,18H2,1H3. The van der Waals surface area contributed by atoms with E-state index in [1.54, 1.807) is 0 Å². The van der Waals surface area contributed by atoms with E-state index in [4.69, 9.17) is 5.73 Å². The van der Waals surface area contributed by atoms with Crippen molar-refractivity contribution in [3.8, 4) is 0 Å². The topological polar surface area (TPSA) is 32.5 Å². The van der Waals surface area contributed by atoms with E-state index in [2.05, 4.69) is 53.1 Å². The molecule has 20 heavy (non-hydrogen) atoms. The summed E-state index contributed by atoms with van der Waals surface area (Å²) in [7, 11) is 0. The number of anilines is 3. The van der Waals surface area contributed by atoms with Gasteiger partial charge in [0.1, 0.15) is 0 Å². The van der Waals surface area contributed by atoms with Gasteiger partial charge in [0.2, 0.25) is 0 Å². The first-order valence-electron chi connectivity index (χ1n) is 7.15. The first kappa shape index (κ1) is 12.9. The molecule has 104 valence electrons. The molecule has 1 saturated heterocycles. The summed E-state index contributed by atoms with van der Waals surface area (Å²) in [5.74, 6) is 0. The predicted octanol–water partition coefficient (Wildman–Crippen LogP) is 2.90. The van der Waals surface area contributed by atoms with E-state index in [9.17, 15) is 0 Å². The van der Waals surface area contributed by atoms with Crippen molar-refractivity contribution in [1.29, 1.82) is 0 Å². The molecule has 0 bridgehead atoms. The molecule has 0 atom stereocenters. The normalized spacial score (nSPS) is 15.4. The highest BCUT2D eigenvalue weighted by molar-refractivity contribution is 5.68. The minimum absolute atomic E-state index is 0.872. The number of rotatable bonds is 2. The Bertz CT molecular complexity index is 569. The number of piperazine rings is 1. The number of para-hydroxylation sites is 2. The van der Waals surface area contributed by atoms with Crippen molar-refractivity contribution in [2.45, 2.75) is 6.92 Å². The molecule has 0 unspecified atom stereocenters. The Hall–Kier alpha value is -2.16. The SMILES string of the molecule is Cc1ccc(N2CCN(c3ccccc3N)CC2)cc1. The molecule has 0 spiro atoms. The van der Waals surface area contributed by atoms with Gasteiger partial charge < -0.3 is 15.5 Å². The molecule has 0 saturated carbocycles. The largest absolute Gasteiger partial charge is 0.397 e. The first-order chi connectivity index (χ1) is 9.74. The lowest BCUT2D eigenvalue weighted by Gasteiger charge is -2.37. The van der Waals surface area contributed by atoms with Gasteiger partial charge in [-0.15, -0.1) is 0 Å². The molecule has 1 aliphatic rings. The third kappa shape index (κ3) is 2.57. The molecule has 3 nitrogen and oxygen atoms in total. The van der Waals surface area contributed by atoms with Gasteiger partial charge in [-0.3, -0.25) is 0 Å². The summed E-state index contributed by atoms with van der Waals surface area (Å²) >= 11 is 0. The Morgan fingerprint density at radius 1 is 0.800 bits per heavy atom. The van der Waals surface area contributed by atoms with Gasteiger partial charge in [0.25, 0.3) is 0 Å². The third-order valence-corrected chi connectivity index (χ3v) is 3.96. The zero-order chi connectivity index (χ0) is 13.9. The number of benzene rings is 2. The third-order valence-electron chi connectivity index (χ3n) is 3.96. The molecule has 0 aromatic heterocycles. The van der Waals surface area contributed by atoms with Gasteiger partial charge in [0.05, 0.1) is 11.4 Å². The van der Waals surface area contributed by atoms with Gasteiger partial charge in [-0.05, 0) is 31.2 Å². The zero-order valence-corrected chi connectivity index (χ0v) is 11.9. The van der Waals surface area contributed by atoms with Crippen molar-refractivity contribution in [3.63, 3.8) is 0 Å².